The van der Waals surface area contributed by atoms with E-state index in [9.17, 15) is 4.79 Å². The molecule has 0 aliphatic heterocycles. The molecule has 0 atom stereocenters. The maximum absolute atomic E-state index is 12.4. The van der Waals surface area contributed by atoms with E-state index in [4.69, 9.17) is 13.9 Å². The van der Waals surface area contributed by atoms with Crippen molar-refractivity contribution in [1.82, 2.24) is 0 Å². The summed E-state index contributed by atoms with van der Waals surface area (Å²) in [5.41, 5.74) is 1.49. The van der Waals surface area contributed by atoms with Gasteiger partial charge in [0.05, 0.1) is 14.2 Å². The van der Waals surface area contributed by atoms with Crippen LogP contribution in [0.5, 0.6) is 11.5 Å². The van der Waals surface area contributed by atoms with E-state index in [0.717, 1.165) is 4.90 Å². The van der Waals surface area contributed by atoms with Crippen molar-refractivity contribution in [3.05, 3.63) is 58.3 Å². The number of rotatable bonds is 4. The molecule has 3 rings (SSSR count). The molecule has 2 aromatic carbocycles. The second-order valence-corrected chi connectivity index (χ2v) is 6.13. The van der Waals surface area contributed by atoms with Crippen LogP contribution in [-0.4, -0.2) is 14.2 Å². The van der Waals surface area contributed by atoms with Crippen molar-refractivity contribution in [3.63, 3.8) is 0 Å². The molecule has 0 unspecified atom stereocenters. The Hall–Kier alpha value is -2.40. The molecule has 1 aromatic heterocycles. The summed E-state index contributed by atoms with van der Waals surface area (Å²) in [6, 6.07) is 12.9. The number of benzene rings is 2. The highest BCUT2D eigenvalue weighted by Crippen LogP contribution is 2.33. The predicted octanol–water partition coefficient (Wildman–Crippen LogP) is 4.27. The van der Waals surface area contributed by atoms with Crippen molar-refractivity contribution in [2.24, 2.45) is 0 Å². The third-order valence-electron chi connectivity index (χ3n) is 3.44. The van der Waals surface area contributed by atoms with Crippen molar-refractivity contribution in [2.75, 3.05) is 14.2 Å². The van der Waals surface area contributed by atoms with Crippen LogP contribution in [-0.2, 0) is 0 Å². The summed E-state index contributed by atoms with van der Waals surface area (Å²) in [7, 11) is 3.08. The van der Waals surface area contributed by atoms with Crippen LogP contribution in [0.1, 0.15) is 5.56 Å². The van der Waals surface area contributed by atoms with Crippen LogP contribution in [0.25, 0.3) is 11.0 Å². The van der Waals surface area contributed by atoms with Gasteiger partial charge in [-0.05, 0) is 19.1 Å². The lowest BCUT2D eigenvalue weighted by Gasteiger charge is -2.09. The Balaban J connectivity index is 2.09. The lowest BCUT2D eigenvalue weighted by molar-refractivity contribution is 0.394. The minimum Gasteiger partial charge on any atom is -0.496 e. The van der Waals surface area contributed by atoms with Crippen LogP contribution >= 0.6 is 11.8 Å². The standard InChI is InChI=1S/C18H16O4S/c1-11-4-6-13(7-5-11)23-17-10-14(19)18-15(21-3)8-12(20-2)9-16(18)22-17/h4-10H,1-3H3. The fourth-order valence-electron chi connectivity index (χ4n) is 2.26. The molecule has 0 fully saturated rings. The van der Waals surface area contributed by atoms with Crippen molar-refractivity contribution >= 4 is 22.7 Å². The van der Waals surface area contributed by atoms with Gasteiger partial charge in [0.2, 0.25) is 0 Å². The smallest absolute Gasteiger partial charge is 0.197 e. The number of aryl methyl sites for hydroxylation is 1. The Morgan fingerprint density at radius 1 is 1.00 bits per heavy atom. The highest BCUT2D eigenvalue weighted by atomic mass is 32.2. The summed E-state index contributed by atoms with van der Waals surface area (Å²) >= 11 is 1.40. The number of hydrogen-bond donors (Lipinski definition) is 0. The van der Waals surface area contributed by atoms with Gasteiger partial charge >= 0.3 is 0 Å². The number of ether oxygens (including phenoxy) is 2. The predicted molar refractivity (Wildman–Crippen MR) is 90.9 cm³/mol. The van der Waals surface area contributed by atoms with Gasteiger partial charge in [0.1, 0.15) is 22.5 Å². The molecule has 0 bridgehead atoms. The van der Waals surface area contributed by atoms with E-state index >= 15 is 0 Å². The zero-order chi connectivity index (χ0) is 16.4. The van der Waals surface area contributed by atoms with Gasteiger partial charge in [0.15, 0.2) is 10.5 Å². The SMILES string of the molecule is COc1cc(OC)c2c(=O)cc(Sc3ccc(C)cc3)oc2c1. The molecule has 0 radical (unpaired) electrons. The van der Waals surface area contributed by atoms with Crippen molar-refractivity contribution < 1.29 is 13.9 Å². The van der Waals surface area contributed by atoms with Gasteiger partial charge in [0, 0.05) is 23.1 Å². The van der Waals surface area contributed by atoms with Gasteiger partial charge in [-0.3, -0.25) is 4.79 Å². The third kappa shape index (κ3) is 3.19. The monoisotopic (exact) mass is 328 g/mol. The summed E-state index contributed by atoms with van der Waals surface area (Å²) in [6.45, 7) is 2.03. The molecule has 0 aliphatic rings. The Morgan fingerprint density at radius 2 is 1.74 bits per heavy atom. The second kappa shape index (κ2) is 6.38. The molecule has 3 aromatic rings. The van der Waals surface area contributed by atoms with E-state index in [1.807, 2.05) is 31.2 Å². The van der Waals surface area contributed by atoms with Gasteiger partial charge in [-0.25, -0.2) is 0 Å². The van der Waals surface area contributed by atoms with Crippen molar-refractivity contribution in [3.8, 4) is 11.5 Å². The van der Waals surface area contributed by atoms with Crippen LogP contribution in [0.2, 0.25) is 0 Å². The van der Waals surface area contributed by atoms with Gasteiger partial charge in [-0.2, -0.15) is 0 Å². The van der Waals surface area contributed by atoms with Crippen molar-refractivity contribution in [2.45, 2.75) is 16.9 Å². The number of methoxy groups -OCH3 is 2. The molecule has 23 heavy (non-hydrogen) atoms. The Kier molecular flexibility index (Phi) is 4.30. The topological polar surface area (TPSA) is 48.7 Å². The number of hydrogen-bond acceptors (Lipinski definition) is 5. The third-order valence-corrected chi connectivity index (χ3v) is 4.35. The molecule has 0 N–H and O–H groups in total. The minimum absolute atomic E-state index is 0.139. The molecule has 0 aliphatic carbocycles. The first kappa shape index (κ1) is 15.5. The molecule has 0 saturated carbocycles. The zero-order valence-corrected chi connectivity index (χ0v) is 13.9. The summed E-state index contributed by atoms with van der Waals surface area (Å²) in [4.78, 5) is 13.4. The van der Waals surface area contributed by atoms with E-state index in [0.29, 0.717) is 27.6 Å². The molecule has 4 nitrogen and oxygen atoms in total. The molecule has 118 valence electrons. The Morgan fingerprint density at radius 3 is 2.39 bits per heavy atom. The van der Waals surface area contributed by atoms with Gasteiger partial charge < -0.3 is 13.9 Å². The fourth-order valence-corrected chi connectivity index (χ4v) is 3.06. The molecular formula is C18H16O4S. The summed E-state index contributed by atoms with van der Waals surface area (Å²) in [5.74, 6) is 1.02. The van der Waals surface area contributed by atoms with Crippen molar-refractivity contribution in [1.29, 1.82) is 0 Å². The van der Waals surface area contributed by atoms with Crippen LogP contribution in [0, 0.1) is 6.92 Å². The van der Waals surface area contributed by atoms with E-state index in [-0.39, 0.29) is 5.43 Å². The fraction of sp³-hybridized carbons (Fsp3) is 0.167. The first-order valence-electron chi connectivity index (χ1n) is 7.05. The van der Waals surface area contributed by atoms with Crippen LogP contribution in [0.15, 0.2) is 61.7 Å². The zero-order valence-electron chi connectivity index (χ0n) is 13.1. The molecule has 0 amide bonds. The van der Waals surface area contributed by atoms with Crippen LogP contribution < -0.4 is 14.9 Å². The summed E-state index contributed by atoms with van der Waals surface area (Å²) < 4.78 is 16.4. The molecule has 5 heteroatoms. The van der Waals surface area contributed by atoms with Gasteiger partial charge in [-0.1, -0.05) is 29.5 Å². The van der Waals surface area contributed by atoms with Gasteiger partial charge in [0.25, 0.3) is 0 Å². The van der Waals surface area contributed by atoms with Crippen LogP contribution in [0.4, 0.5) is 0 Å². The maximum Gasteiger partial charge on any atom is 0.197 e. The van der Waals surface area contributed by atoms with E-state index in [1.54, 1.807) is 19.2 Å². The molecule has 0 spiro atoms. The maximum atomic E-state index is 12.4. The largest absolute Gasteiger partial charge is 0.496 e. The first-order chi connectivity index (χ1) is 11.1. The average Bonchev–Trinajstić information content (AvgIpc) is 2.55. The molecule has 1 heterocycles. The molecule has 0 saturated heterocycles. The quantitative estimate of drug-likeness (QED) is 0.716. The summed E-state index contributed by atoms with van der Waals surface area (Å²) in [6.07, 6.45) is 0. The van der Waals surface area contributed by atoms with Crippen LogP contribution in [0.3, 0.4) is 0 Å². The first-order valence-corrected chi connectivity index (χ1v) is 7.87. The number of fused-ring (bicyclic) bond motifs is 1. The lowest BCUT2D eigenvalue weighted by Crippen LogP contribution is -2.03. The highest BCUT2D eigenvalue weighted by molar-refractivity contribution is 7.99. The van der Waals surface area contributed by atoms with E-state index in [1.165, 1.54) is 30.5 Å². The Bertz CT molecular complexity index is 897. The highest BCUT2D eigenvalue weighted by Gasteiger charge is 2.13. The Labute approximate surface area is 138 Å². The second-order valence-electron chi connectivity index (χ2n) is 5.05. The average molecular weight is 328 g/mol. The normalized spacial score (nSPS) is 10.7. The van der Waals surface area contributed by atoms with Gasteiger partial charge in [-0.15, -0.1) is 0 Å². The van der Waals surface area contributed by atoms with E-state index in [2.05, 4.69) is 0 Å². The molecular weight excluding hydrogens is 312 g/mol. The summed E-state index contributed by atoms with van der Waals surface area (Å²) in [5, 5.41) is 0.947. The van der Waals surface area contributed by atoms with E-state index < -0.39 is 0 Å². The minimum atomic E-state index is -0.139. The lowest BCUT2D eigenvalue weighted by atomic mass is 10.2.